The number of aromatic amines is 1. The molecule has 0 aliphatic heterocycles. The number of nitrogens with one attached hydrogen (secondary N) is 1. The van der Waals surface area contributed by atoms with Gasteiger partial charge in [-0.25, -0.2) is 9.78 Å². The lowest BCUT2D eigenvalue weighted by Gasteiger charge is -2.04. The van der Waals surface area contributed by atoms with Crippen LogP contribution in [0.3, 0.4) is 0 Å². The number of benzene rings is 1. The summed E-state index contributed by atoms with van der Waals surface area (Å²) in [7, 11) is 0. The Morgan fingerprint density at radius 3 is 2.67 bits per heavy atom. The number of H-pyrrole nitrogens is 1. The Morgan fingerprint density at radius 2 is 2.05 bits per heavy atom. The summed E-state index contributed by atoms with van der Waals surface area (Å²) in [5, 5.41) is 4.05. The van der Waals surface area contributed by atoms with Crippen LogP contribution in [-0.2, 0) is 12.8 Å². The van der Waals surface area contributed by atoms with Crippen molar-refractivity contribution in [2.45, 2.75) is 26.7 Å². The van der Waals surface area contributed by atoms with Crippen LogP contribution in [0.2, 0.25) is 0 Å². The normalized spacial score (nSPS) is 11.1. The molecule has 0 unspecified atom stereocenters. The molecule has 6 nitrogen and oxygen atoms in total. The van der Waals surface area contributed by atoms with E-state index in [1.54, 1.807) is 0 Å². The zero-order valence-electron chi connectivity index (χ0n) is 12.0. The Kier molecular flexibility index (Phi) is 3.21. The quantitative estimate of drug-likeness (QED) is 0.772. The number of carbonyl (C=O) groups is 1. The fourth-order valence-corrected chi connectivity index (χ4v) is 2.43. The standard InChI is InChI=1S/C15H16N5O/c1-3-9-7-12-13(8-10(9)4-2)18-14(17-12)11-5-6-20(19-11)15(16)21/h6-8H,3-4H2,1-2H3,(H2,16,21)(H,17,18). The van der Waals surface area contributed by atoms with Crippen LogP contribution in [0, 0.1) is 6.07 Å². The minimum atomic E-state index is -0.643. The molecule has 0 aliphatic carbocycles. The van der Waals surface area contributed by atoms with Gasteiger partial charge in [-0.1, -0.05) is 13.8 Å². The van der Waals surface area contributed by atoms with Gasteiger partial charge in [-0.2, -0.15) is 9.78 Å². The molecule has 0 aliphatic rings. The van der Waals surface area contributed by atoms with Crippen molar-refractivity contribution >= 4 is 17.1 Å². The van der Waals surface area contributed by atoms with Gasteiger partial charge < -0.3 is 10.7 Å². The van der Waals surface area contributed by atoms with E-state index >= 15 is 0 Å². The van der Waals surface area contributed by atoms with Crippen molar-refractivity contribution in [1.29, 1.82) is 0 Å². The van der Waals surface area contributed by atoms with Crippen LogP contribution >= 0.6 is 0 Å². The number of hydrogen-bond donors (Lipinski definition) is 2. The number of hydrogen-bond acceptors (Lipinski definition) is 3. The van der Waals surface area contributed by atoms with Crippen molar-refractivity contribution < 1.29 is 4.79 Å². The number of rotatable bonds is 3. The molecule has 0 spiro atoms. The monoisotopic (exact) mass is 282 g/mol. The van der Waals surface area contributed by atoms with E-state index in [1.807, 2.05) is 0 Å². The summed E-state index contributed by atoms with van der Waals surface area (Å²) in [6.07, 6.45) is 3.36. The van der Waals surface area contributed by atoms with Crippen LogP contribution in [0.25, 0.3) is 22.6 Å². The van der Waals surface area contributed by atoms with Crippen molar-refractivity contribution in [2.75, 3.05) is 0 Å². The molecule has 3 rings (SSSR count). The van der Waals surface area contributed by atoms with Crippen molar-refractivity contribution in [1.82, 2.24) is 19.7 Å². The highest BCUT2D eigenvalue weighted by Gasteiger charge is 2.12. The number of carbonyl (C=O) groups excluding carboxylic acids is 1. The maximum Gasteiger partial charge on any atom is 0.339 e. The van der Waals surface area contributed by atoms with E-state index in [4.69, 9.17) is 5.73 Å². The minimum Gasteiger partial charge on any atom is -0.350 e. The third-order valence-electron chi connectivity index (χ3n) is 3.55. The molecule has 1 radical (unpaired) electrons. The Balaban J connectivity index is 2.09. The highest BCUT2D eigenvalue weighted by atomic mass is 16.2. The third-order valence-corrected chi connectivity index (χ3v) is 3.55. The predicted octanol–water partition coefficient (Wildman–Crippen LogP) is 2.28. The van der Waals surface area contributed by atoms with Crippen LogP contribution in [0.5, 0.6) is 0 Å². The molecule has 2 aromatic heterocycles. The minimum absolute atomic E-state index is 0.473. The molecule has 0 fully saturated rings. The number of fused-ring (bicyclic) bond motifs is 1. The molecule has 0 bridgehead atoms. The van der Waals surface area contributed by atoms with E-state index in [9.17, 15) is 4.79 Å². The number of aromatic nitrogens is 4. The largest absolute Gasteiger partial charge is 0.350 e. The van der Waals surface area contributed by atoms with Crippen LogP contribution in [-0.4, -0.2) is 25.8 Å². The van der Waals surface area contributed by atoms with Gasteiger partial charge in [0.25, 0.3) is 0 Å². The van der Waals surface area contributed by atoms with E-state index in [-0.39, 0.29) is 0 Å². The van der Waals surface area contributed by atoms with Gasteiger partial charge in [0.15, 0.2) is 5.82 Å². The summed E-state index contributed by atoms with van der Waals surface area (Å²) >= 11 is 0. The molecule has 2 heterocycles. The summed E-state index contributed by atoms with van der Waals surface area (Å²) in [5.41, 5.74) is 10.1. The lowest BCUT2D eigenvalue weighted by atomic mass is 10.0. The van der Waals surface area contributed by atoms with Gasteiger partial charge in [0.05, 0.1) is 11.0 Å². The van der Waals surface area contributed by atoms with E-state index < -0.39 is 6.03 Å². The Morgan fingerprint density at radius 1 is 1.33 bits per heavy atom. The smallest absolute Gasteiger partial charge is 0.339 e. The zero-order valence-corrected chi connectivity index (χ0v) is 12.0. The first kappa shape index (κ1) is 13.4. The van der Waals surface area contributed by atoms with E-state index in [0.29, 0.717) is 11.5 Å². The highest BCUT2D eigenvalue weighted by Crippen LogP contribution is 2.23. The van der Waals surface area contributed by atoms with Gasteiger partial charge in [-0.05, 0) is 36.1 Å². The van der Waals surface area contributed by atoms with Gasteiger partial charge in [0.1, 0.15) is 5.69 Å². The fraction of sp³-hybridized carbons (Fsp3) is 0.267. The van der Waals surface area contributed by atoms with Gasteiger partial charge in [-0.15, -0.1) is 0 Å². The third kappa shape index (κ3) is 2.29. The Labute approximate surface area is 122 Å². The van der Waals surface area contributed by atoms with Gasteiger partial charge in [0, 0.05) is 12.3 Å². The number of aryl methyl sites for hydroxylation is 2. The second kappa shape index (κ2) is 5.05. The van der Waals surface area contributed by atoms with Crippen LogP contribution in [0.4, 0.5) is 4.79 Å². The van der Waals surface area contributed by atoms with E-state index in [2.05, 4.69) is 47.1 Å². The summed E-state index contributed by atoms with van der Waals surface area (Å²) in [6.45, 7) is 4.27. The Bertz CT molecular complexity index is 774. The summed E-state index contributed by atoms with van der Waals surface area (Å²) < 4.78 is 1.04. The summed E-state index contributed by atoms with van der Waals surface area (Å²) in [5.74, 6) is 0.584. The molecule has 1 aromatic carbocycles. The molecule has 107 valence electrons. The molecule has 0 saturated carbocycles. The molecule has 3 N–H and O–H groups in total. The zero-order chi connectivity index (χ0) is 15.0. The first-order valence-electron chi connectivity index (χ1n) is 6.91. The van der Waals surface area contributed by atoms with E-state index in [1.165, 1.54) is 17.3 Å². The van der Waals surface area contributed by atoms with Crippen LogP contribution in [0.1, 0.15) is 25.0 Å². The highest BCUT2D eigenvalue weighted by molar-refractivity contribution is 5.81. The molecule has 0 saturated heterocycles. The van der Waals surface area contributed by atoms with Crippen LogP contribution < -0.4 is 5.73 Å². The van der Waals surface area contributed by atoms with E-state index in [0.717, 1.165) is 28.6 Å². The second-order valence-electron chi connectivity index (χ2n) is 4.84. The molecule has 0 atom stereocenters. The second-order valence-corrected chi connectivity index (χ2v) is 4.84. The van der Waals surface area contributed by atoms with Gasteiger partial charge in [-0.3, -0.25) is 0 Å². The summed E-state index contributed by atoms with van der Waals surface area (Å²) in [4.78, 5) is 18.8. The number of amides is 1. The SMILES string of the molecule is CCc1cc2nc(-c3[c]cn(C(N)=O)n3)[nH]c2cc1CC. The van der Waals surface area contributed by atoms with Crippen molar-refractivity contribution in [3.63, 3.8) is 0 Å². The number of nitrogens with two attached hydrogens (primary N) is 1. The average Bonchev–Trinajstić information content (AvgIpc) is 3.11. The fourth-order valence-electron chi connectivity index (χ4n) is 2.43. The maximum absolute atomic E-state index is 11.1. The molecule has 1 amide bonds. The predicted molar refractivity (Wildman–Crippen MR) is 79.9 cm³/mol. The summed E-state index contributed by atoms with van der Waals surface area (Å²) in [6, 6.07) is 6.45. The molecular weight excluding hydrogens is 266 g/mol. The van der Waals surface area contributed by atoms with Crippen molar-refractivity contribution in [3.8, 4) is 11.5 Å². The van der Waals surface area contributed by atoms with Crippen molar-refractivity contribution in [2.24, 2.45) is 5.73 Å². The molecule has 6 heteroatoms. The maximum atomic E-state index is 11.1. The first-order chi connectivity index (χ1) is 10.1. The molecular formula is C15H16N5O. The number of primary amides is 1. The molecule has 21 heavy (non-hydrogen) atoms. The van der Waals surface area contributed by atoms with Crippen LogP contribution in [0.15, 0.2) is 18.3 Å². The number of imidazole rings is 1. The number of nitrogens with zero attached hydrogens (tertiary/aromatic N) is 3. The molecule has 3 aromatic rings. The average molecular weight is 282 g/mol. The Hall–Kier alpha value is -2.63. The lowest BCUT2D eigenvalue weighted by molar-refractivity contribution is 0.248. The van der Waals surface area contributed by atoms with Gasteiger partial charge in [0.2, 0.25) is 0 Å². The topological polar surface area (TPSA) is 89.6 Å². The first-order valence-corrected chi connectivity index (χ1v) is 6.91. The van der Waals surface area contributed by atoms with Crippen molar-refractivity contribution in [3.05, 3.63) is 35.5 Å². The van der Waals surface area contributed by atoms with Gasteiger partial charge >= 0.3 is 6.03 Å². The lowest BCUT2D eigenvalue weighted by Crippen LogP contribution is -2.19.